The fourth-order valence-electron chi connectivity index (χ4n) is 9.87. The van der Waals surface area contributed by atoms with Crippen LogP contribution in [0, 0.1) is 0 Å². The highest BCUT2D eigenvalue weighted by molar-refractivity contribution is 5.71. The molecule has 0 aromatic rings. The molecule has 0 N–H and O–H groups in total. The van der Waals surface area contributed by atoms with Crippen molar-refractivity contribution in [2.24, 2.45) is 0 Å². The van der Waals surface area contributed by atoms with Gasteiger partial charge in [-0.05, 0) is 96.3 Å². The Hall–Kier alpha value is -3.18. The van der Waals surface area contributed by atoms with Crippen molar-refractivity contribution in [2.75, 3.05) is 13.2 Å². The third kappa shape index (κ3) is 52.6. The molecule has 0 aliphatic heterocycles. The van der Waals surface area contributed by atoms with Gasteiger partial charge >= 0.3 is 35.8 Å². The standard InChI is InChI=1S/C63H116O12/c1-7-10-13-16-19-25-34-43-57(72-54(4)64)46-37-28-22-31-40-49-61(67)70-52-60(75-63(69)51-42-33-24-30-39-48-59(74-56(6)66)45-36-27-21-18-15-12-9-3)53-71-62(68)50-41-32-23-29-38-47-58(73-55(5)65)44-35-26-20-17-14-11-8-2/h57-60H,7-53H2,1-6H3. The smallest absolute Gasteiger partial charge is 0.306 e. The molecule has 0 rings (SSSR count). The van der Waals surface area contributed by atoms with E-state index in [0.29, 0.717) is 19.3 Å². The van der Waals surface area contributed by atoms with Crippen LogP contribution in [0.4, 0.5) is 0 Å². The Morgan fingerprint density at radius 1 is 0.253 bits per heavy atom. The quantitative estimate of drug-likeness (QED) is 0.0323. The van der Waals surface area contributed by atoms with E-state index in [1.54, 1.807) is 0 Å². The van der Waals surface area contributed by atoms with Crippen molar-refractivity contribution in [3.05, 3.63) is 0 Å². The average Bonchev–Trinajstić information content (AvgIpc) is 3.36. The number of hydrogen-bond acceptors (Lipinski definition) is 12. The molecule has 0 aliphatic rings. The van der Waals surface area contributed by atoms with Crippen LogP contribution in [-0.4, -0.2) is 73.4 Å². The number of esters is 6. The number of hydrogen-bond donors (Lipinski definition) is 0. The Labute approximate surface area is 459 Å². The van der Waals surface area contributed by atoms with E-state index in [-0.39, 0.29) is 80.6 Å². The van der Waals surface area contributed by atoms with Crippen molar-refractivity contribution < 1.29 is 57.2 Å². The van der Waals surface area contributed by atoms with Crippen LogP contribution in [0.15, 0.2) is 0 Å². The Balaban J connectivity index is 4.89. The van der Waals surface area contributed by atoms with E-state index < -0.39 is 12.1 Å². The Bertz CT molecular complexity index is 1300. The molecule has 12 heteroatoms. The summed E-state index contributed by atoms with van der Waals surface area (Å²) in [5.41, 5.74) is 0. The van der Waals surface area contributed by atoms with Gasteiger partial charge in [-0.25, -0.2) is 0 Å². The van der Waals surface area contributed by atoms with E-state index in [1.165, 1.54) is 136 Å². The van der Waals surface area contributed by atoms with E-state index in [9.17, 15) is 28.8 Å². The summed E-state index contributed by atoms with van der Waals surface area (Å²) in [6, 6.07) is 0. The van der Waals surface area contributed by atoms with Crippen LogP contribution in [0.25, 0.3) is 0 Å². The zero-order valence-electron chi connectivity index (χ0n) is 49.4. The lowest BCUT2D eigenvalue weighted by Gasteiger charge is -2.18. The van der Waals surface area contributed by atoms with Crippen LogP contribution in [0.2, 0.25) is 0 Å². The summed E-state index contributed by atoms with van der Waals surface area (Å²) in [6.45, 7) is 10.8. The third-order valence-corrected chi connectivity index (χ3v) is 14.3. The minimum absolute atomic E-state index is 0.0256. The van der Waals surface area contributed by atoms with Gasteiger partial charge in [0.15, 0.2) is 6.10 Å². The first-order valence-corrected chi connectivity index (χ1v) is 31.4. The Morgan fingerprint density at radius 2 is 0.467 bits per heavy atom. The van der Waals surface area contributed by atoms with Gasteiger partial charge < -0.3 is 28.4 Å². The van der Waals surface area contributed by atoms with E-state index in [4.69, 9.17) is 28.4 Å². The molecule has 75 heavy (non-hydrogen) atoms. The van der Waals surface area contributed by atoms with Gasteiger partial charge in [-0.15, -0.1) is 0 Å². The fraction of sp³-hybridized carbons (Fsp3) is 0.905. The van der Waals surface area contributed by atoms with Crippen LogP contribution < -0.4 is 0 Å². The maximum Gasteiger partial charge on any atom is 0.306 e. The number of carbonyl (C=O) groups is 6. The second kappa shape index (κ2) is 54.2. The van der Waals surface area contributed by atoms with Crippen LogP contribution >= 0.6 is 0 Å². The van der Waals surface area contributed by atoms with Gasteiger partial charge in [0, 0.05) is 40.0 Å². The summed E-state index contributed by atoms with van der Waals surface area (Å²) in [7, 11) is 0. The minimum atomic E-state index is -0.891. The zero-order chi connectivity index (χ0) is 55.3. The minimum Gasteiger partial charge on any atom is -0.463 e. The lowest BCUT2D eigenvalue weighted by molar-refractivity contribution is -0.167. The first-order chi connectivity index (χ1) is 36.4. The Kier molecular flexibility index (Phi) is 51.9. The van der Waals surface area contributed by atoms with Gasteiger partial charge in [0.2, 0.25) is 0 Å². The molecular weight excluding hydrogens is 949 g/mol. The van der Waals surface area contributed by atoms with E-state index in [1.807, 2.05) is 0 Å². The molecule has 3 atom stereocenters. The van der Waals surface area contributed by atoms with Crippen molar-refractivity contribution in [3.8, 4) is 0 Å². The summed E-state index contributed by atoms with van der Waals surface area (Å²) in [5, 5.41) is 0. The second-order valence-electron chi connectivity index (χ2n) is 21.8. The highest BCUT2D eigenvalue weighted by Gasteiger charge is 2.20. The average molecular weight is 1070 g/mol. The van der Waals surface area contributed by atoms with Crippen molar-refractivity contribution in [3.63, 3.8) is 0 Å². The molecule has 0 heterocycles. The number of rotatable bonds is 56. The predicted molar refractivity (Wildman–Crippen MR) is 303 cm³/mol. The van der Waals surface area contributed by atoms with E-state index in [0.717, 1.165) is 135 Å². The topological polar surface area (TPSA) is 158 Å². The highest BCUT2D eigenvalue weighted by atomic mass is 16.6. The largest absolute Gasteiger partial charge is 0.463 e. The molecule has 0 fully saturated rings. The van der Waals surface area contributed by atoms with Crippen molar-refractivity contribution >= 4 is 35.8 Å². The summed E-state index contributed by atoms with van der Waals surface area (Å²) in [4.78, 5) is 73.8. The first-order valence-electron chi connectivity index (χ1n) is 31.4. The van der Waals surface area contributed by atoms with Gasteiger partial charge in [0.25, 0.3) is 0 Å². The lowest BCUT2D eigenvalue weighted by atomic mass is 10.0. The maximum absolute atomic E-state index is 13.0. The molecule has 0 amide bonds. The zero-order valence-corrected chi connectivity index (χ0v) is 49.4. The van der Waals surface area contributed by atoms with Crippen molar-refractivity contribution in [2.45, 2.75) is 355 Å². The summed E-state index contributed by atoms with van der Waals surface area (Å²) < 4.78 is 33.7. The highest BCUT2D eigenvalue weighted by Crippen LogP contribution is 2.21. The molecule has 440 valence electrons. The van der Waals surface area contributed by atoms with Crippen molar-refractivity contribution in [1.29, 1.82) is 0 Å². The molecule has 0 spiro atoms. The normalized spacial score (nSPS) is 12.9. The molecule has 12 nitrogen and oxygen atoms in total. The molecule has 3 unspecified atom stereocenters. The molecule has 0 saturated carbocycles. The van der Waals surface area contributed by atoms with Crippen LogP contribution in [0.3, 0.4) is 0 Å². The maximum atomic E-state index is 13.0. The number of carbonyl (C=O) groups excluding carboxylic acids is 6. The fourth-order valence-corrected chi connectivity index (χ4v) is 9.87. The number of ether oxygens (including phenoxy) is 6. The Morgan fingerprint density at radius 3 is 0.707 bits per heavy atom. The van der Waals surface area contributed by atoms with E-state index >= 15 is 0 Å². The number of unbranched alkanes of at least 4 members (excludes halogenated alkanes) is 30. The molecule has 0 saturated heterocycles. The van der Waals surface area contributed by atoms with Gasteiger partial charge in [0.05, 0.1) is 0 Å². The van der Waals surface area contributed by atoms with Crippen molar-refractivity contribution in [1.82, 2.24) is 0 Å². The third-order valence-electron chi connectivity index (χ3n) is 14.3. The molecular formula is C63H116O12. The molecule has 0 radical (unpaired) electrons. The van der Waals surface area contributed by atoms with Gasteiger partial charge in [-0.1, -0.05) is 194 Å². The van der Waals surface area contributed by atoms with E-state index in [2.05, 4.69) is 20.8 Å². The summed E-state index contributed by atoms with van der Waals surface area (Å²) in [5.74, 6) is -1.81. The van der Waals surface area contributed by atoms with Gasteiger partial charge in [-0.2, -0.15) is 0 Å². The monoisotopic (exact) mass is 1060 g/mol. The molecule has 0 aromatic carbocycles. The predicted octanol–water partition coefficient (Wildman–Crippen LogP) is 17.4. The first kappa shape index (κ1) is 71.8. The SMILES string of the molecule is CCCCCCCCCC(CCCCCCCC(=O)OCC(COC(=O)CCCCCCCC(CCCCCCCCC)OC(C)=O)OC(=O)CCCCCCCC(CCCCCCCCC)OC(C)=O)OC(C)=O. The summed E-state index contributed by atoms with van der Waals surface area (Å²) in [6.07, 6.45) is 44.3. The van der Waals surface area contributed by atoms with Gasteiger partial charge in [0.1, 0.15) is 31.5 Å². The van der Waals surface area contributed by atoms with Gasteiger partial charge in [-0.3, -0.25) is 28.8 Å². The molecule has 0 aromatic heterocycles. The molecule has 0 bridgehead atoms. The lowest BCUT2D eigenvalue weighted by Crippen LogP contribution is -2.30. The van der Waals surface area contributed by atoms with Crippen LogP contribution in [0.5, 0.6) is 0 Å². The summed E-state index contributed by atoms with van der Waals surface area (Å²) >= 11 is 0. The van der Waals surface area contributed by atoms with Crippen LogP contribution in [-0.2, 0) is 57.2 Å². The molecule has 0 aliphatic carbocycles. The van der Waals surface area contributed by atoms with Crippen LogP contribution in [0.1, 0.15) is 330 Å². The second-order valence-corrected chi connectivity index (χ2v) is 21.8.